The van der Waals surface area contributed by atoms with E-state index in [0.29, 0.717) is 31.5 Å². The van der Waals surface area contributed by atoms with Crippen molar-refractivity contribution < 1.29 is 14.2 Å². The number of halogens is 1. The van der Waals surface area contributed by atoms with Crippen molar-refractivity contribution in [3.8, 4) is 0 Å². The molecular weight excluding hydrogens is 341 g/mol. The molecule has 0 spiro atoms. The van der Waals surface area contributed by atoms with Gasteiger partial charge in [0, 0.05) is 36.7 Å². The summed E-state index contributed by atoms with van der Waals surface area (Å²) in [6.45, 7) is 1.16. The summed E-state index contributed by atoms with van der Waals surface area (Å²) in [6.07, 6.45) is 5.28. The maximum absolute atomic E-state index is 14.7. The highest BCUT2D eigenvalue weighted by Gasteiger charge is 2.26. The minimum absolute atomic E-state index is 0.184. The number of hydrogen-bond donors (Lipinski definition) is 1. The second kappa shape index (κ2) is 6.77. The zero-order valence-corrected chi connectivity index (χ0v) is 15.3. The number of aliphatic hydroxyl groups is 1. The summed E-state index contributed by atoms with van der Waals surface area (Å²) in [5.41, 5.74) is 4.16. The molecule has 1 saturated carbocycles. The Hall–Kier alpha value is -2.17. The fourth-order valence-corrected chi connectivity index (χ4v) is 4.23. The molecule has 0 radical (unpaired) electrons. The molecule has 2 aromatic carbocycles. The van der Waals surface area contributed by atoms with E-state index in [1.165, 1.54) is 24.5 Å². The lowest BCUT2D eigenvalue weighted by molar-refractivity contribution is -0.0442. The van der Waals surface area contributed by atoms with Crippen molar-refractivity contribution in [1.29, 1.82) is 0 Å². The van der Waals surface area contributed by atoms with Gasteiger partial charge in [-0.25, -0.2) is 4.39 Å². The zero-order valence-electron chi connectivity index (χ0n) is 15.3. The minimum Gasteiger partial charge on any atom is -0.393 e. The van der Waals surface area contributed by atoms with Gasteiger partial charge in [0.05, 0.1) is 17.7 Å². The summed E-state index contributed by atoms with van der Waals surface area (Å²) < 4.78 is 22.6. The monoisotopic (exact) mass is 365 g/mol. The van der Waals surface area contributed by atoms with Crippen molar-refractivity contribution in [3.05, 3.63) is 71.2 Å². The van der Waals surface area contributed by atoms with Crippen LogP contribution in [0.3, 0.4) is 0 Å². The molecule has 2 aliphatic rings. The van der Waals surface area contributed by atoms with Crippen LogP contribution in [0.25, 0.3) is 10.9 Å². The minimum atomic E-state index is -0.356. The van der Waals surface area contributed by atoms with Crippen LogP contribution in [0.5, 0.6) is 0 Å². The van der Waals surface area contributed by atoms with Gasteiger partial charge in [-0.3, -0.25) is 0 Å². The molecule has 0 amide bonds. The highest BCUT2D eigenvalue weighted by molar-refractivity contribution is 5.85. The average molecular weight is 365 g/mol. The van der Waals surface area contributed by atoms with E-state index in [9.17, 15) is 9.50 Å². The Morgan fingerprint density at radius 1 is 1.07 bits per heavy atom. The second-order valence-corrected chi connectivity index (χ2v) is 7.90. The first kappa shape index (κ1) is 17.0. The Morgan fingerprint density at radius 2 is 1.89 bits per heavy atom. The summed E-state index contributed by atoms with van der Waals surface area (Å²) in [7, 11) is 0. The van der Waals surface area contributed by atoms with E-state index in [1.54, 1.807) is 6.07 Å². The summed E-state index contributed by atoms with van der Waals surface area (Å²) >= 11 is 0. The van der Waals surface area contributed by atoms with E-state index in [4.69, 9.17) is 4.74 Å². The fraction of sp³-hybridized carbons (Fsp3) is 0.391. The van der Waals surface area contributed by atoms with Crippen LogP contribution in [0.2, 0.25) is 0 Å². The number of rotatable bonds is 4. The zero-order chi connectivity index (χ0) is 18.4. The molecule has 1 N–H and O–H groups in total. The summed E-state index contributed by atoms with van der Waals surface area (Å²) in [6, 6.07) is 13.9. The van der Waals surface area contributed by atoms with Crippen molar-refractivity contribution in [1.82, 2.24) is 4.57 Å². The molecule has 2 fully saturated rings. The van der Waals surface area contributed by atoms with E-state index in [1.807, 2.05) is 16.8 Å². The number of aromatic nitrogens is 1. The van der Waals surface area contributed by atoms with Gasteiger partial charge in [0.2, 0.25) is 0 Å². The van der Waals surface area contributed by atoms with E-state index in [2.05, 4.69) is 24.3 Å². The molecule has 0 bridgehead atoms. The summed E-state index contributed by atoms with van der Waals surface area (Å²) in [5, 5.41) is 10.9. The van der Waals surface area contributed by atoms with Gasteiger partial charge in [0.1, 0.15) is 5.82 Å². The molecule has 2 atom stereocenters. The molecule has 0 unspecified atom stereocenters. The van der Waals surface area contributed by atoms with Gasteiger partial charge in [-0.15, -0.1) is 0 Å². The van der Waals surface area contributed by atoms with Crippen LogP contribution in [-0.4, -0.2) is 22.4 Å². The molecule has 1 saturated heterocycles. The average Bonchev–Trinajstić information content (AvgIpc) is 3.45. The van der Waals surface area contributed by atoms with E-state index >= 15 is 0 Å². The molecule has 3 nitrogen and oxygen atoms in total. The third kappa shape index (κ3) is 3.28. The quantitative estimate of drug-likeness (QED) is 0.712. The molecule has 5 rings (SSSR count). The normalized spacial score (nSPS) is 23.0. The number of benzene rings is 2. The van der Waals surface area contributed by atoms with E-state index < -0.39 is 0 Å². The lowest BCUT2D eigenvalue weighted by Crippen LogP contribution is -2.23. The summed E-state index contributed by atoms with van der Waals surface area (Å²) in [4.78, 5) is 0. The topological polar surface area (TPSA) is 34.4 Å². The number of nitrogens with zero attached hydrogens (tertiary/aromatic N) is 1. The Bertz CT molecular complexity index is 958. The Morgan fingerprint density at radius 3 is 2.63 bits per heavy atom. The SMILES string of the molecule is O[C@H]1CCO[C@@H](c2cn(Cc3ccc(C4CC4)cc3)c3c(F)cccc23)C1. The van der Waals surface area contributed by atoms with Crippen LogP contribution >= 0.6 is 0 Å². The van der Waals surface area contributed by atoms with Gasteiger partial charge in [-0.2, -0.15) is 0 Å². The fourth-order valence-electron chi connectivity index (χ4n) is 4.23. The number of para-hydroxylation sites is 1. The molecule has 3 aromatic rings. The molecule has 140 valence electrons. The van der Waals surface area contributed by atoms with Crippen molar-refractivity contribution in [2.45, 2.75) is 50.4 Å². The highest BCUT2D eigenvalue weighted by atomic mass is 19.1. The second-order valence-electron chi connectivity index (χ2n) is 7.90. The third-order valence-electron chi connectivity index (χ3n) is 5.86. The first-order valence-electron chi connectivity index (χ1n) is 9.85. The third-order valence-corrected chi connectivity index (χ3v) is 5.86. The van der Waals surface area contributed by atoms with Crippen LogP contribution in [-0.2, 0) is 11.3 Å². The standard InChI is InChI=1S/C23H24FNO2/c24-21-3-1-2-19-20(22-12-18(26)10-11-27-22)14-25(23(19)21)13-15-4-6-16(7-5-15)17-8-9-17/h1-7,14,17-18,22,26H,8-13H2/t18-,22+/m0/s1. The van der Waals surface area contributed by atoms with Gasteiger partial charge in [-0.05, 0) is 42.4 Å². The number of fused-ring (bicyclic) bond motifs is 1. The van der Waals surface area contributed by atoms with Crippen molar-refractivity contribution in [2.75, 3.05) is 6.61 Å². The molecule has 1 aromatic heterocycles. The van der Waals surface area contributed by atoms with Gasteiger partial charge in [0.25, 0.3) is 0 Å². The van der Waals surface area contributed by atoms with Crippen LogP contribution in [0, 0.1) is 5.82 Å². The van der Waals surface area contributed by atoms with E-state index in [-0.39, 0.29) is 18.0 Å². The molecule has 2 heterocycles. The molecule has 1 aliphatic carbocycles. The first-order chi connectivity index (χ1) is 13.2. The van der Waals surface area contributed by atoms with Crippen molar-refractivity contribution >= 4 is 10.9 Å². The molecule has 4 heteroatoms. The van der Waals surface area contributed by atoms with Gasteiger partial charge < -0.3 is 14.4 Å². The van der Waals surface area contributed by atoms with Crippen LogP contribution in [0.4, 0.5) is 4.39 Å². The maximum atomic E-state index is 14.7. The predicted octanol–water partition coefficient (Wildman–Crippen LogP) is 4.92. The highest BCUT2D eigenvalue weighted by Crippen LogP contribution is 2.40. The number of ether oxygens (including phenoxy) is 1. The van der Waals surface area contributed by atoms with Gasteiger partial charge >= 0.3 is 0 Å². The first-order valence-corrected chi connectivity index (χ1v) is 9.85. The van der Waals surface area contributed by atoms with Gasteiger partial charge in [0.15, 0.2) is 0 Å². The number of hydrogen-bond acceptors (Lipinski definition) is 2. The molecule has 27 heavy (non-hydrogen) atoms. The van der Waals surface area contributed by atoms with E-state index in [0.717, 1.165) is 22.4 Å². The predicted molar refractivity (Wildman–Crippen MR) is 103 cm³/mol. The largest absolute Gasteiger partial charge is 0.393 e. The van der Waals surface area contributed by atoms with Crippen LogP contribution in [0.15, 0.2) is 48.7 Å². The summed E-state index contributed by atoms with van der Waals surface area (Å²) in [5.74, 6) is 0.523. The lowest BCUT2D eigenvalue weighted by atomic mass is 9.99. The molecular formula is C23H24FNO2. The maximum Gasteiger partial charge on any atom is 0.147 e. The smallest absolute Gasteiger partial charge is 0.147 e. The Kier molecular flexibility index (Phi) is 4.25. The van der Waals surface area contributed by atoms with Crippen LogP contribution in [0.1, 0.15) is 54.4 Å². The lowest BCUT2D eigenvalue weighted by Gasteiger charge is -2.26. The number of aliphatic hydroxyl groups excluding tert-OH is 1. The van der Waals surface area contributed by atoms with Crippen LogP contribution < -0.4 is 0 Å². The van der Waals surface area contributed by atoms with Gasteiger partial charge in [-0.1, -0.05) is 36.4 Å². The Labute approximate surface area is 158 Å². The Balaban J connectivity index is 1.51. The van der Waals surface area contributed by atoms with Crippen molar-refractivity contribution in [2.24, 2.45) is 0 Å². The van der Waals surface area contributed by atoms with Crippen molar-refractivity contribution in [3.63, 3.8) is 0 Å². The molecule has 1 aliphatic heterocycles.